The van der Waals surface area contributed by atoms with Crippen molar-refractivity contribution in [2.75, 3.05) is 63.0 Å². The molecule has 47 heavy (non-hydrogen) atoms. The quantitative estimate of drug-likeness (QED) is 0.211. The topological polar surface area (TPSA) is 123 Å². The lowest BCUT2D eigenvalue weighted by molar-refractivity contribution is -0.126. The van der Waals surface area contributed by atoms with Crippen LogP contribution < -0.4 is 25.0 Å². The van der Waals surface area contributed by atoms with Crippen molar-refractivity contribution in [3.63, 3.8) is 0 Å². The van der Waals surface area contributed by atoms with Gasteiger partial charge in [0.05, 0.1) is 24.0 Å². The van der Waals surface area contributed by atoms with Gasteiger partial charge in [0.25, 0.3) is 0 Å². The molecule has 0 aliphatic carbocycles. The first-order valence-electron chi connectivity index (χ1n) is 15.4. The first-order valence-corrected chi connectivity index (χ1v) is 15.4. The van der Waals surface area contributed by atoms with E-state index in [1.54, 1.807) is 50.6 Å². The number of methoxy groups -OCH3 is 3. The number of pyridine rings is 1. The van der Waals surface area contributed by atoms with Crippen LogP contribution in [0.5, 0.6) is 17.2 Å². The van der Waals surface area contributed by atoms with Crippen molar-refractivity contribution < 1.29 is 28.1 Å². The van der Waals surface area contributed by atoms with Crippen molar-refractivity contribution >= 4 is 39.8 Å². The monoisotopic (exact) mass is 643 g/mol. The molecule has 0 bridgehead atoms. The Morgan fingerprint density at radius 2 is 1.70 bits per heavy atom. The summed E-state index contributed by atoms with van der Waals surface area (Å²) in [5.41, 5.74) is 1.62. The minimum absolute atomic E-state index is 0.0579. The van der Waals surface area contributed by atoms with Gasteiger partial charge in [-0.05, 0) is 43.2 Å². The first kappa shape index (κ1) is 32.0. The lowest BCUT2D eigenvalue weighted by Gasteiger charge is -2.32. The van der Waals surface area contributed by atoms with E-state index in [0.29, 0.717) is 60.1 Å². The number of carbonyl (C=O) groups is 1. The van der Waals surface area contributed by atoms with Crippen LogP contribution in [0.4, 0.5) is 27.4 Å². The Labute approximate surface area is 272 Å². The van der Waals surface area contributed by atoms with E-state index in [4.69, 9.17) is 18.9 Å². The Kier molecular flexibility index (Phi) is 9.64. The smallest absolute Gasteiger partial charge is 0.245 e. The summed E-state index contributed by atoms with van der Waals surface area (Å²) in [5.74, 6) is 2.07. The Bertz CT molecular complexity index is 1740. The zero-order valence-electron chi connectivity index (χ0n) is 26.6. The second kappa shape index (κ2) is 14.2. The predicted molar refractivity (Wildman–Crippen MR) is 177 cm³/mol. The Morgan fingerprint density at radius 3 is 2.38 bits per heavy atom. The Hall–Kier alpha value is -5.01. The molecule has 0 spiro atoms. The van der Waals surface area contributed by atoms with Crippen LogP contribution in [0.1, 0.15) is 12.8 Å². The summed E-state index contributed by atoms with van der Waals surface area (Å²) in [5, 5.41) is 7.36. The minimum atomic E-state index is -0.512. The fraction of sp³-hybridized carbons (Fsp3) is 0.353. The Morgan fingerprint density at radius 1 is 0.957 bits per heavy atom. The molecule has 2 fully saturated rings. The van der Waals surface area contributed by atoms with Crippen LogP contribution in [0.2, 0.25) is 0 Å². The van der Waals surface area contributed by atoms with Crippen molar-refractivity contribution in [2.24, 2.45) is 0 Å². The highest BCUT2D eigenvalue weighted by molar-refractivity contribution is 5.95. The summed E-state index contributed by atoms with van der Waals surface area (Å²) in [7, 11) is 4.94. The third kappa shape index (κ3) is 7.05. The van der Waals surface area contributed by atoms with E-state index in [1.807, 2.05) is 18.2 Å². The SMILES string of the molecule is C=CC(=O)N1CCC(Nc2cc3c(Nc4ccc(Oc5ccnc(N6C[C@H](OC)[C@@H](OC)C6)c5)cc4F)ncnc3cc2OC)CC1. The summed E-state index contributed by atoms with van der Waals surface area (Å²) < 4.78 is 38.2. The van der Waals surface area contributed by atoms with Gasteiger partial charge in [-0.15, -0.1) is 0 Å². The highest BCUT2D eigenvalue weighted by Crippen LogP contribution is 2.35. The van der Waals surface area contributed by atoms with E-state index < -0.39 is 5.82 Å². The average molecular weight is 644 g/mol. The molecule has 2 N–H and O–H groups in total. The predicted octanol–water partition coefficient (Wildman–Crippen LogP) is 5.15. The molecule has 2 atom stereocenters. The molecule has 4 aromatic rings. The van der Waals surface area contributed by atoms with Gasteiger partial charge in [0.15, 0.2) is 0 Å². The number of likely N-dealkylation sites (tertiary alicyclic amines) is 1. The molecular formula is C34H38FN7O5. The van der Waals surface area contributed by atoms with Crippen molar-refractivity contribution in [1.82, 2.24) is 19.9 Å². The maximum Gasteiger partial charge on any atom is 0.245 e. The number of hydrogen-bond acceptors (Lipinski definition) is 11. The van der Waals surface area contributed by atoms with Gasteiger partial charge in [-0.1, -0.05) is 6.58 Å². The van der Waals surface area contributed by atoms with Gasteiger partial charge in [0.1, 0.15) is 53.2 Å². The summed E-state index contributed by atoms with van der Waals surface area (Å²) in [4.78, 5) is 29.1. The van der Waals surface area contributed by atoms with Crippen molar-refractivity contribution in [3.8, 4) is 17.2 Å². The summed E-state index contributed by atoms with van der Waals surface area (Å²) in [6, 6.07) is 12.0. The number of aromatic nitrogens is 3. The van der Waals surface area contributed by atoms with E-state index in [9.17, 15) is 4.79 Å². The molecule has 2 aliphatic heterocycles. The zero-order chi connectivity index (χ0) is 32.9. The zero-order valence-corrected chi connectivity index (χ0v) is 26.6. The van der Waals surface area contributed by atoms with Crippen molar-refractivity contribution in [3.05, 3.63) is 73.5 Å². The largest absolute Gasteiger partial charge is 0.495 e. The van der Waals surface area contributed by atoms with E-state index in [0.717, 1.165) is 24.3 Å². The van der Waals surface area contributed by atoms with Crippen LogP contribution >= 0.6 is 0 Å². The summed E-state index contributed by atoms with van der Waals surface area (Å²) in [6.45, 7) is 6.13. The third-order valence-electron chi connectivity index (χ3n) is 8.59. The van der Waals surface area contributed by atoms with Crippen LogP contribution in [0.15, 0.2) is 67.6 Å². The molecule has 1 amide bonds. The van der Waals surface area contributed by atoms with Gasteiger partial charge in [-0.2, -0.15) is 0 Å². The molecule has 12 nitrogen and oxygen atoms in total. The molecule has 0 radical (unpaired) electrons. The molecule has 2 aromatic carbocycles. The molecule has 4 heterocycles. The highest BCUT2D eigenvalue weighted by atomic mass is 19.1. The third-order valence-corrected chi connectivity index (χ3v) is 8.59. The van der Waals surface area contributed by atoms with Crippen molar-refractivity contribution in [2.45, 2.75) is 31.1 Å². The number of hydrogen-bond donors (Lipinski definition) is 2. The van der Waals surface area contributed by atoms with Gasteiger partial charge < -0.3 is 39.4 Å². The van der Waals surface area contributed by atoms with Gasteiger partial charge in [0, 0.05) is 76.2 Å². The minimum Gasteiger partial charge on any atom is -0.495 e. The van der Waals surface area contributed by atoms with Crippen LogP contribution in [0, 0.1) is 5.82 Å². The number of nitrogens with one attached hydrogen (secondary N) is 2. The number of halogens is 1. The van der Waals surface area contributed by atoms with Crippen molar-refractivity contribution in [1.29, 1.82) is 0 Å². The molecule has 246 valence electrons. The number of fused-ring (bicyclic) bond motifs is 1. The number of anilines is 4. The number of ether oxygens (including phenoxy) is 4. The highest BCUT2D eigenvalue weighted by Gasteiger charge is 2.33. The molecule has 2 saturated heterocycles. The number of carbonyl (C=O) groups excluding carboxylic acids is 1. The number of piperidine rings is 1. The van der Waals surface area contributed by atoms with E-state index >= 15 is 4.39 Å². The van der Waals surface area contributed by atoms with Gasteiger partial charge in [-0.3, -0.25) is 4.79 Å². The number of rotatable bonds is 11. The molecular weight excluding hydrogens is 605 g/mol. The molecule has 0 saturated carbocycles. The van der Waals surface area contributed by atoms with Gasteiger partial charge >= 0.3 is 0 Å². The molecule has 13 heteroatoms. The number of amides is 1. The van der Waals surface area contributed by atoms with Crippen LogP contribution in [-0.4, -0.2) is 91.5 Å². The fourth-order valence-electron chi connectivity index (χ4n) is 6.00. The standard InChI is InChI=1S/C34H38FN7O5/c1-5-33(43)41-12-9-21(10-13-41)39-28-16-24-27(17-29(28)44-2)37-20-38-34(24)40-26-7-6-22(14-25(26)35)47-23-8-11-36-32(15-23)42-18-30(45-3)31(19-42)46-4/h5-8,11,14-17,20-21,30-31,39H,1,9-10,12-13,18-19H2,2-4H3,(H,37,38,40)/t30-,31-/m0/s1. The Balaban J connectivity index is 1.17. The molecule has 0 unspecified atom stereocenters. The number of nitrogens with zero attached hydrogens (tertiary/aromatic N) is 5. The molecule has 2 aromatic heterocycles. The molecule has 2 aliphatic rings. The second-order valence-electron chi connectivity index (χ2n) is 11.4. The number of benzene rings is 2. The van der Waals surface area contributed by atoms with Crippen LogP contribution in [-0.2, 0) is 14.3 Å². The van der Waals surface area contributed by atoms with Crippen LogP contribution in [0.3, 0.4) is 0 Å². The van der Waals surface area contributed by atoms with Gasteiger partial charge in [-0.25, -0.2) is 19.3 Å². The maximum atomic E-state index is 15.4. The second-order valence-corrected chi connectivity index (χ2v) is 11.4. The van der Waals surface area contributed by atoms with E-state index in [1.165, 1.54) is 18.5 Å². The maximum absolute atomic E-state index is 15.4. The average Bonchev–Trinajstić information content (AvgIpc) is 3.53. The van der Waals surface area contributed by atoms with E-state index in [-0.39, 0.29) is 29.8 Å². The van der Waals surface area contributed by atoms with Crippen LogP contribution in [0.25, 0.3) is 10.9 Å². The first-order chi connectivity index (χ1) is 22.9. The summed E-state index contributed by atoms with van der Waals surface area (Å²) >= 11 is 0. The normalized spacial score (nSPS) is 18.3. The lowest BCUT2D eigenvalue weighted by Crippen LogP contribution is -2.41. The van der Waals surface area contributed by atoms with E-state index in [2.05, 4.69) is 37.1 Å². The molecule has 6 rings (SSSR count). The van der Waals surface area contributed by atoms with Gasteiger partial charge in [0.2, 0.25) is 5.91 Å². The summed E-state index contributed by atoms with van der Waals surface area (Å²) in [6.07, 6.45) is 5.86. The fourth-order valence-corrected chi connectivity index (χ4v) is 6.00. The lowest BCUT2D eigenvalue weighted by atomic mass is 10.0.